The van der Waals surface area contributed by atoms with E-state index in [1.807, 2.05) is 12.1 Å². The van der Waals surface area contributed by atoms with Crippen LogP contribution >= 0.6 is 0 Å². The van der Waals surface area contributed by atoms with Gasteiger partial charge in [-0.3, -0.25) is 0 Å². The van der Waals surface area contributed by atoms with E-state index in [0.29, 0.717) is 5.92 Å². The Balaban J connectivity index is 2.41. The highest BCUT2D eigenvalue weighted by atomic mass is 16.5. The van der Waals surface area contributed by atoms with Crippen LogP contribution in [-0.4, -0.2) is 13.2 Å². The zero-order valence-electron chi connectivity index (χ0n) is 12.2. The molecule has 0 fully saturated rings. The summed E-state index contributed by atoms with van der Waals surface area (Å²) in [5.41, 5.74) is 1.15. The Morgan fingerprint density at radius 1 is 1.22 bits per heavy atom. The zero-order valence-corrected chi connectivity index (χ0v) is 12.2. The molecule has 0 saturated heterocycles. The first kappa shape index (κ1) is 14.9. The normalized spacial score (nSPS) is 12.5. The Morgan fingerprint density at radius 3 is 2.67 bits per heavy atom. The predicted octanol–water partition coefficient (Wildman–Crippen LogP) is 4.57. The third-order valence-corrected chi connectivity index (χ3v) is 2.84. The van der Waals surface area contributed by atoms with Crippen molar-refractivity contribution in [3.05, 3.63) is 24.3 Å². The van der Waals surface area contributed by atoms with Gasteiger partial charge < -0.3 is 10.1 Å². The molecule has 0 spiro atoms. The largest absolute Gasteiger partial charge is 0.494 e. The fourth-order valence-electron chi connectivity index (χ4n) is 2.10. The lowest BCUT2D eigenvalue weighted by Crippen LogP contribution is -2.13. The van der Waals surface area contributed by atoms with Crippen molar-refractivity contribution in [1.82, 2.24) is 0 Å². The summed E-state index contributed by atoms with van der Waals surface area (Å²) in [4.78, 5) is 0. The second kappa shape index (κ2) is 8.02. The maximum absolute atomic E-state index is 5.63. The summed E-state index contributed by atoms with van der Waals surface area (Å²) in [5, 5.41) is 3.49. The van der Waals surface area contributed by atoms with Gasteiger partial charge in [0.2, 0.25) is 0 Å². The van der Waals surface area contributed by atoms with Crippen molar-refractivity contribution >= 4 is 5.69 Å². The van der Waals surface area contributed by atoms with Gasteiger partial charge >= 0.3 is 0 Å². The standard InChI is InChI=1S/C16H27NO/c1-5-9-18-16-8-6-7-15(11-16)17-12-14(4)10-13(2)3/h6-8,11,13-14,17H,5,9-10,12H2,1-4H3. The lowest BCUT2D eigenvalue weighted by atomic mass is 9.99. The minimum absolute atomic E-state index is 0.699. The van der Waals surface area contributed by atoms with E-state index in [1.54, 1.807) is 0 Å². The number of anilines is 1. The maximum atomic E-state index is 5.63. The first-order valence-electron chi connectivity index (χ1n) is 7.08. The smallest absolute Gasteiger partial charge is 0.121 e. The molecule has 0 saturated carbocycles. The second-order valence-corrected chi connectivity index (χ2v) is 5.49. The van der Waals surface area contributed by atoms with Gasteiger partial charge in [-0.15, -0.1) is 0 Å². The van der Waals surface area contributed by atoms with E-state index < -0.39 is 0 Å². The topological polar surface area (TPSA) is 21.3 Å². The number of hydrogen-bond donors (Lipinski definition) is 1. The molecular weight excluding hydrogens is 222 g/mol. The molecule has 2 nitrogen and oxygen atoms in total. The monoisotopic (exact) mass is 249 g/mol. The molecule has 0 aliphatic rings. The van der Waals surface area contributed by atoms with Gasteiger partial charge in [0.25, 0.3) is 0 Å². The molecule has 0 heterocycles. The van der Waals surface area contributed by atoms with E-state index in [2.05, 4.69) is 45.1 Å². The summed E-state index contributed by atoms with van der Waals surface area (Å²) >= 11 is 0. The highest BCUT2D eigenvalue weighted by molar-refractivity contribution is 5.48. The molecule has 1 atom stereocenters. The average molecular weight is 249 g/mol. The van der Waals surface area contributed by atoms with Crippen LogP contribution < -0.4 is 10.1 Å². The minimum atomic E-state index is 0.699. The van der Waals surface area contributed by atoms with Crippen LogP contribution in [0.3, 0.4) is 0 Å². The number of rotatable bonds is 8. The average Bonchev–Trinajstić information content (AvgIpc) is 2.33. The molecule has 0 aliphatic carbocycles. The maximum Gasteiger partial charge on any atom is 0.121 e. The number of hydrogen-bond acceptors (Lipinski definition) is 2. The van der Waals surface area contributed by atoms with Gasteiger partial charge in [0.1, 0.15) is 5.75 Å². The third kappa shape index (κ3) is 5.95. The van der Waals surface area contributed by atoms with Gasteiger partial charge in [0, 0.05) is 18.3 Å². The predicted molar refractivity (Wildman–Crippen MR) is 79.3 cm³/mol. The third-order valence-electron chi connectivity index (χ3n) is 2.84. The SMILES string of the molecule is CCCOc1cccc(NCC(C)CC(C)C)c1. The number of benzene rings is 1. The highest BCUT2D eigenvalue weighted by Gasteiger charge is 2.05. The highest BCUT2D eigenvalue weighted by Crippen LogP contribution is 2.19. The summed E-state index contributed by atoms with van der Waals surface area (Å²) in [6.07, 6.45) is 2.31. The van der Waals surface area contributed by atoms with Gasteiger partial charge in [-0.1, -0.05) is 33.8 Å². The molecule has 102 valence electrons. The van der Waals surface area contributed by atoms with Crippen molar-refractivity contribution < 1.29 is 4.74 Å². The molecule has 1 unspecified atom stereocenters. The molecule has 18 heavy (non-hydrogen) atoms. The van der Waals surface area contributed by atoms with Crippen LogP contribution in [0.2, 0.25) is 0 Å². The van der Waals surface area contributed by atoms with Crippen molar-refractivity contribution in [3.63, 3.8) is 0 Å². The molecular formula is C16H27NO. The minimum Gasteiger partial charge on any atom is -0.494 e. The Kier molecular flexibility index (Phi) is 6.63. The molecule has 0 aromatic heterocycles. The number of ether oxygens (including phenoxy) is 1. The zero-order chi connectivity index (χ0) is 13.4. The van der Waals surface area contributed by atoms with Crippen molar-refractivity contribution in [3.8, 4) is 5.75 Å². The molecule has 0 amide bonds. The van der Waals surface area contributed by atoms with Crippen LogP contribution in [0.25, 0.3) is 0 Å². The van der Waals surface area contributed by atoms with Crippen LogP contribution in [0.15, 0.2) is 24.3 Å². The summed E-state index contributed by atoms with van der Waals surface area (Å²) in [5.74, 6) is 2.42. The molecule has 2 heteroatoms. The molecule has 1 aromatic carbocycles. The quantitative estimate of drug-likeness (QED) is 0.728. The van der Waals surface area contributed by atoms with Crippen molar-refractivity contribution in [1.29, 1.82) is 0 Å². The van der Waals surface area contributed by atoms with Crippen LogP contribution in [-0.2, 0) is 0 Å². The van der Waals surface area contributed by atoms with Crippen LogP contribution in [0.5, 0.6) is 5.75 Å². The molecule has 0 radical (unpaired) electrons. The van der Waals surface area contributed by atoms with E-state index in [0.717, 1.165) is 36.9 Å². The molecule has 0 bridgehead atoms. The lowest BCUT2D eigenvalue weighted by Gasteiger charge is -2.16. The van der Waals surface area contributed by atoms with Crippen molar-refractivity contribution in [2.45, 2.75) is 40.5 Å². The first-order valence-corrected chi connectivity index (χ1v) is 7.08. The lowest BCUT2D eigenvalue weighted by molar-refractivity contribution is 0.317. The van der Waals surface area contributed by atoms with Crippen LogP contribution in [0.1, 0.15) is 40.5 Å². The Morgan fingerprint density at radius 2 is 2.00 bits per heavy atom. The van der Waals surface area contributed by atoms with E-state index in [9.17, 15) is 0 Å². The summed E-state index contributed by atoms with van der Waals surface area (Å²) < 4.78 is 5.63. The fraction of sp³-hybridized carbons (Fsp3) is 0.625. The van der Waals surface area contributed by atoms with E-state index in [-0.39, 0.29) is 0 Å². The van der Waals surface area contributed by atoms with Gasteiger partial charge in [0.05, 0.1) is 6.61 Å². The Hall–Kier alpha value is -1.18. The Bertz CT molecular complexity index is 336. The van der Waals surface area contributed by atoms with Crippen molar-refractivity contribution in [2.75, 3.05) is 18.5 Å². The molecule has 1 N–H and O–H groups in total. The fourth-order valence-corrected chi connectivity index (χ4v) is 2.10. The van der Waals surface area contributed by atoms with Gasteiger partial charge in [-0.05, 0) is 36.8 Å². The summed E-state index contributed by atoms with van der Waals surface area (Å²) in [6, 6.07) is 8.23. The van der Waals surface area contributed by atoms with E-state index in [4.69, 9.17) is 4.74 Å². The van der Waals surface area contributed by atoms with Crippen LogP contribution in [0, 0.1) is 11.8 Å². The number of nitrogens with one attached hydrogen (secondary N) is 1. The van der Waals surface area contributed by atoms with Crippen molar-refractivity contribution in [2.24, 2.45) is 11.8 Å². The van der Waals surface area contributed by atoms with Crippen LogP contribution in [0.4, 0.5) is 5.69 Å². The Labute approximate surface area is 112 Å². The van der Waals surface area contributed by atoms with E-state index in [1.165, 1.54) is 6.42 Å². The molecule has 1 aromatic rings. The first-order chi connectivity index (χ1) is 8.61. The second-order valence-electron chi connectivity index (χ2n) is 5.49. The van der Waals surface area contributed by atoms with Gasteiger partial charge in [0.15, 0.2) is 0 Å². The summed E-state index contributed by atoms with van der Waals surface area (Å²) in [7, 11) is 0. The van der Waals surface area contributed by atoms with E-state index >= 15 is 0 Å². The summed E-state index contributed by atoms with van der Waals surface area (Å²) in [6.45, 7) is 10.8. The van der Waals surface area contributed by atoms with Gasteiger partial charge in [-0.25, -0.2) is 0 Å². The molecule has 0 aliphatic heterocycles. The molecule has 1 rings (SSSR count). The van der Waals surface area contributed by atoms with Gasteiger partial charge in [-0.2, -0.15) is 0 Å².